The van der Waals surface area contributed by atoms with Gasteiger partial charge < -0.3 is 5.32 Å². The molecule has 0 aromatic heterocycles. The first-order chi connectivity index (χ1) is 17.9. The van der Waals surface area contributed by atoms with Gasteiger partial charge >= 0.3 is 0 Å². The number of nitrogens with one attached hydrogen (secondary N) is 2. The van der Waals surface area contributed by atoms with Gasteiger partial charge in [-0.25, -0.2) is 13.1 Å². The molecule has 0 amide bonds. The van der Waals surface area contributed by atoms with E-state index in [4.69, 9.17) is 0 Å². The Labute approximate surface area is 234 Å². The third-order valence-electron chi connectivity index (χ3n) is 6.98. The van der Waals surface area contributed by atoms with E-state index in [0.29, 0.717) is 0 Å². The van der Waals surface area contributed by atoms with E-state index in [2.05, 4.69) is 41.2 Å². The minimum absolute atomic E-state index is 0. The Balaban J connectivity index is 0.00000400. The third kappa shape index (κ3) is 8.40. The molecule has 2 N–H and O–H groups in total. The average molecular weight is 551 g/mol. The van der Waals surface area contributed by atoms with Crippen LogP contribution < -0.4 is 10.0 Å². The van der Waals surface area contributed by atoms with E-state index in [1.807, 2.05) is 67.6 Å². The lowest BCUT2D eigenvalue weighted by Crippen LogP contribution is -2.39. The molecule has 0 heterocycles. The van der Waals surface area contributed by atoms with Crippen LogP contribution in [0, 0.1) is 6.92 Å². The first-order valence-electron chi connectivity index (χ1n) is 13.2. The maximum absolute atomic E-state index is 13.5. The number of halogens is 1. The van der Waals surface area contributed by atoms with Gasteiger partial charge in [0.15, 0.2) is 0 Å². The Morgan fingerprint density at radius 2 is 1.34 bits per heavy atom. The van der Waals surface area contributed by atoms with E-state index in [1.54, 1.807) is 12.1 Å². The number of rotatable bonds is 12. The zero-order valence-corrected chi connectivity index (χ0v) is 23.9. The van der Waals surface area contributed by atoms with Crippen LogP contribution in [0.4, 0.5) is 0 Å². The van der Waals surface area contributed by atoms with Crippen molar-refractivity contribution in [2.75, 3.05) is 6.54 Å². The van der Waals surface area contributed by atoms with Crippen molar-refractivity contribution < 1.29 is 8.42 Å². The normalized spacial score (nSPS) is 15.1. The van der Waals surface area contributed by atoms with Crippen LogP contribution in [0.2, 0.25) is 0 Å². The van der Waals surface area contributed by atoms with E-state index >= 15 is 0 Å². The molecule has 0 fully saturated rings. The molecule has 1 aliphatic carbocycles. The summed E-state index contributed by atoms with van der Waals surface area (Å²) >= 11 is 0. The molecule has 0 radical (unpaired) electrons. The molecule has 0 bridgehead atoms. The van der Waals surface area contributed by atoms with Crippen molar-refractivity contribution in [1.82, 2.24) is 10.0 Å². The molecule has 4 nitrogen and oxygen atoms in total. The Morgan fingerprint density at radius 3 is 1.92 bits per heavy atom. The third-order valence-corrected chi connectivity index (χ3v) is 8.44. The minimum Gasteiger partial charge on any atom is -0.308 e. The summed E-state index contributed by atoms with van der Waals surface area (Å²) in [6.07, 6.45) is 10.1. The summed E-state index contributed by atoms with van der Waals surface area (Å²) in [7, 11) is -3.73. The molecule has 0 saturated heterocycles. The molecule has 0 saturated carbocycles. The van der Waals surface area contributed by atoms with Crippen LogP contribution in [0.3, 0.4) is 0 Å². The van der Waals surface area contributed by atoms with Crippen LogP contribution in [0.15, 0.2) is 113 Å². The number of aryl methyl sites for hydroxylation is 1. The predicted octanol–water partition coefficient (Wildman–Crippen LogP) is 7.60. The highest BCUT2D eigenvalue weighted by molar-refractivity contribution is 7.89. The molecule has 2 atom stereocenters. The van der Waals surface area contributed by atoms with Crippen molar-refractivity contribution >= 4 is 22.4 Å². The van der Waals surface area contributed by atoms with E-state index < -0.39 is 16.1 Å². The SMILES string of the molecule is CC1=CCC(CCCCN[C@H](c2ccccc2)[C@@H](NS(=O)(=O)c2ccc(C)cc2)c2ccccc2)=CC1.Cl. The van der Waals surface area contributed by atoms with Gasteiger partial charge in [0.2, 0.25) is 10.0 Å². The van der Waals surface area contributed by atoms with Crippen molar-refractivity contribution in [3.63, 3.8) is 0 Å². The summed E-state index contributed by atoms with van der Waals surface area (Å²) in [5.74, 6) is 0. The molecule has 6 heteroatoms. The van der Waals surface area contributed by atoms with Crippen molar-refractivity contribution in [3.8, 4) is 0 Å². The molecule has 38 heavy (non-hydrogen) atoms. The van der Waals surface area contributed by atoms with Crippen LogP contribution in [0.25, 0.3) is 0 Å². The highest BCUT2D eigenvalue weighted by atomic mass is 35.5. The Hall–Kier alpha value is -2.70. The number of hydrogen-bond acceptors (Lipinski definition) is 3. The summed E-state index contributed by atoms with van der Waals surface area (Å²) in [5, 5.41) is 3.70. The second kappa shape index (κ2) is 14.5. The van der Waals surface area contributed by atoms with Crippen molar-refractivity contribution in [1.29, 1.82) is 0 Å². The summed E-state index contributed by atoms with van der Waals surface area (Å²) in [6, 6.07) is 26.3. The first kappa shape index (κ1) is 29.9. The smallest absolute Gasteiger partial charge is 0.241 e. The van der Waals surface area contributed by atoms with Gasteiger partial charge in [-0.3, -0.25) is 0 Å². The monoisotopic (exact) mass is 550 g/mol. The van der Waals surface area contributed by atoms with E-state index in [1.165, 1.54) is 11.1 Å². The number of sulfonamides is 1. The second-order valence-electron chi connectivity index (χ2n) is 9.94. The molecule has 0 aliphatic heterocycles. The highest BCUT2D eigenvalue weighted by Crippen LogP contribution is 2.31. The lowest BCUT2D eigenvalue weighted by molar-refractivity contribution is 0.417. The molecule has 3 aromatic rings. The number of hydrogen-bond donors (Lipinski definition) is 2. The largest absolute Gasteiger partial charge is 0.308 e. The second-order valence-corrected chi connectivity index (χ2v) is 11.7. The summed E-state index contributed by atoms with van der Waals surface area (Å²) in [4.78, 5) is 0.274. The summed E-state index contributed by atoms with van der Waals surface area (Å²) in [6.45, 7) is 4.95. The fourth-order valence-corrected chi connectivity index (χ4v) is 5.98. The van der Waals surface area contributed by atoms with Crippen LogP contribution in [0.1, 0.15) is 67.8 Å². The minimum atomic E-state index is -3.73. The van der Waals surface area contributed by atoms with Crippen molar-refractivity contribution in [2.45, 2.75) is 62.9 Å². The van der Waals surface area contributed by atoms with Gasteiger partial charge in [-0.05, 0) is 75.8 Å². The zero-order valence-electron chi connectivity index (χ0n) is 22.3. The molecular formula is C32H39ClN2O2S. The fourth-order valence-electron chi connectivity index (χ4n) is 4.75. The lowest BCUT2D eigenvalue weighted by Gasteiger charge is -2.30. The highest BCUT2D eigenvalue weighted by Gasteiger charge is 2.29. The maximum Gasteiger partial charge on any atom is 0.241 e. The molecule has 0 spiro atoms. The molecule has 1 aliphatic rings. The van der Waals surface area contributed by atoms with Gasteiger partial charge in [0, 0.05) is 0 Å². The van der Waals surface area contributed by atoms with Gasteiger partial charge in [-0.15, -0.1) is 12.4 Å². The Morgan fingerprint density at radius 1 is 0.737 bits per heavy atom. The summed E-state index contributed by atoms with van der Waals surface area (Å²) < 4.78 is 30.0. The average Bonchev–Trinajstić information content (AvgIpc) is 2.92. The van der Waals surface area contributed by atoms with E-state index in [9.17, 15) is 8.42 Å². The molecular weight excluding hydrogens is 512 g/mol. The van der Waals surface area contributed by atoms with Crippen LogP contribution in [0.5, 0.6) is 0 Å². The van der Waals surface area contributed by atoms with Crippen molar-refractivity contribution in [3.05, 3.63) is 125 Å². The molecule has 202 valence electrons. The van der Waals surface area contributed by atoms with Gasteiger partial charge in [-0.1, -0.05) is 102 Å². The Bertz CT molecular complexity index is 1300. The number of benzene rings is 3. The first-order valence-corrected chi connectivity index (χ1v) is 14.7. The molecule has 4 rings (SSSR count). The maximum atomic E-state index is 13.5. The van der Waals surface area contributed by atoms with Gasteiger partial charge in [0.25, 0.3) is 0 Å². The van der Waals surface area contributed by atoms with E-state index in [-0.39, 0.29) is 23.3 Å². The zero-order chi connectivity index (χ0) is 26.1. The molecule has 0 unspecified atom stereocenters. The number of unbranched alkanes of at least 4 members (excludes halogenated alkanes) is 1. The van der Waals surface area contributed by atoms with Gasteiger partial charge in [-0.2, -0.15) is 0 Å². The topological polar surface area (TPSA) is 58.2 Å². The molecule has 3 aromatic carbocycles. The predicted molar refractivity (Wildman–Crippen MR) is 160 cm³/mol. The number of allylic oxidation sites excluding steroid dienone is 4. The quantitative estimate of drug-likeness (QED) is 0.180. The summed E-state index contributed by atoms with van der Waals surface area (Å²) in [5.41, 5.74) is 5.99. The van der Waals surface area contributed by atoms with Gasteiger partial charge in [0.05, 0.1) is 17.0 Å². The Kier molecular flexibility index (Phi) is 11.4. The fraction of sp³-hybridized carbons (Fsp3) is 0.312. The standard InChI is InChI=1S/C32H38N2O2S.ClH/c1-25-16-20-27(21-17-25)11-9-10-24-33-31(28-12-5-3-6-13-28)32(29-14-7-4-8-15-29)34-37(35,36)30-22-18-26(2)19-23-30;/h3-8,12-16,18-19,21-23,31-34H,9-11,17,20,24H2,1-2H3;1H/t31-,32+;/m1./s1. The van der Waals surface area contributed by atoms with Crippen LogP contribution >= 0.6 is 12.4 Å². The van der Waals surface area contributed by atoms with E-state index in [0.717, 1.165) is 55.3 Å². The van der Waals surface area contributed by atoms with Crippen molar-refractivity contribution in [2.24, 2.45) is 0 Å². The van der Waals surface area contributed by atoms with Gasteiger partial charge in [0.1, 0.15) is 0 Å². The van der Waals surface area contributed by atoms with Crippen LogP contribution in [-0.2, 0) is 10.0 Å². The van der Waals surface area contributed by atoms with Crippen LogP contribution in [-0.4, -0.2) is 15.0 Å². The lowest BCUT2D eigenvalue weighted by atomic mass is 9.93.